The van der Waals surface area contributed by atoms with Crippen LogP contribution in [0.2, 0.25) is 0 Å². The average molecular weight is 408 g/mol. The fourth-order valence-electron chi connectivity index (χ4n) is 3.31. The molecule has 0 spiro atoms. The van der Waals surface area contributed by atoms with Crippen LogP contribution in [0.1, 0.15) is 25.0 Å². The lowest BCUT2D eigenvalue weighted by Crippen LogP contribution is -2.15. The fourth-order valence-corrected chi connectivity index (χ4v) is 4.22. The van der Waals surface area contributed by atoms with Crippen molar-refractivity contribution in [1.82, 2.24) is 4.57 Å². The number of alkyl halides is 1. The lowest BCUT2D eigenvalue weighted by molar-refractivity contribution is 0.221. The zero-order valence-corrected chi connectivity index (χ0v) is 17.6. The van der Waals surface area contributed by atoms with Gasteiger partial charge in [-0.05, 0) is 62.0 Å². The maximum absolute atomic E-state index is 14.7. The number of rotatable bonds is 4. The number of hydrogen-bond acceptors (Lipinski definition) is 3. The topological polar surface area (TPSA) is 31.2 Å². The number of pyridine rings is 1. The second-order valence-corrected chi connectivity index (χ2v) is 8.64. The van der Waals surface area contributed by atoms with Gasteiger partial charge in [0.15, 0.2) is 0 Å². The van der Waals surface area contributed by atoms with E-state index in [0.29, 0.717) is 22.4 Å². The molecule has 4 rings (SSSR count). The van der Waals surface area contributed by atoms with Gasteiger partial charge in [-0.2, -0.15) is 0 Å². The van der Waals surface area contributed by atoms with Crippen molar-refractivity contribution in [2.24, 2.45) is 7.05 Å². The van der Waals surface area contributed by atoms with Crippen molar-refractivity contribution >= 4 is 21.4 Å². The molecule has 4 aromatic rings. The van der Waals surface area contributed by atoms with Gasteiger partial charge in [-0.1, -0.05) is 23.8 Å². The Morgan fingerprint density at radius 2 is 1.76 bits per heavy atom. The van der Waals surface area contributed by atoms with E-state index >= 15 is 0 Å². The molecular formula is C24H22FNO2S. The third kappa shape index (κ3) is 3.70. The number of hydrogen-bond donors (Lipinski definition) is 0. The first kappa shape index (κ1) is 19.4. The van der Waals surface area contributed by atoms with Gasteiger partial charge in [0.1, 0.15) is 17.2 Å². The lowest BCUT2D eigenvalue weighted by atomic mass is 9.95. The quantitative estimate of drug-likeness (QED) is 0.383. The van der Waals surface area contributed by atoms with Crippen LogP contribution in [0.25, 0.3) is 21.2 Å². The van der Waals surface area contributed by atoms with Gasteiger partial charge in [0.25, 0.3) is 5.56 Å². The number of nitrogens with zero attached hydrogens (tertiary/aromatic N) is 1. The van der Waals surface area contributed by atoms with E-state index in [1.54, 1.807) is 29.9 Å². The van der Waals surface area contributed by atoms with Crippen LogP contribution in [0.3, 0.4) is 0 Å². The van der Waals surface area contributed by atoms with Gasteiger partial charge in [-0.25, -0.2) is 4.39 Å². The summed E-state index contributed by atoms with van der Waals surface area (Å²) < 4.78 is 23.3. The molecule has 5 heteroatoms. The van der Waals surface area contributed by atoms with Crippen molar-refractivity contribution in [2.45, 2.75) is 26.4 Å². The van der Waals surface area contributed by atoms with Crippen molar-refractivity contribution in [2.75, 3.05) is 0 Å². The van der Waals surface area contributed by atoms with Gasteiger partial charge in [0.05, 0.1) is 5.39 Å². The molecule has 2 aromatic heterocycles. The number of halogens is 1. The van der Waals surface area contributed by atoms with E-state index in [2.05, 4.69) is 0 Å². The Labute approximate surface area is 173 Å². The number of ether oxygens (including phenoxy) is 1. The molecule has 0 amide bonds. The molecule has 29 heavy (non-hydrogen) atoms. The summed E-state index contributed by atoms with van der Waals surface area (Å²) in [5, 5.41) is 2.56. The Balaban J connectivity index is 1.95. The predicted molar refractivity (Wildman–Crippen MR) is 118 cm³/mol. The van der Waals surface area contributed by atoms with Crippen molar-refractivity contribution in [1.29, 1.82) is 0 Å². The Bertz CT molecular complexity index is 1250. The van der Waals surface area contributed by atoms with Crippen molar-refractivity contribution < 1.29 is 9.13 Å². The SMILES string of the molecule is Cc1ccc(Oc2ccc(C(C)(C)F)cc2-c2cn(C)c(=O)c3ccsc23)cc1. The number of benzene rings is 2. The normalized spacial score (nSPS) is 11.8. The van der Waals surface area contributed by atoms with Gasteiger partial charge >= 0.3 is 0 Å². The molecule has 148 valence electrons. The summed E-state index contributed by atoms with van der Waals surface area (Å²) in [5.74, 6) is 1.33. The van der Waals surface area contributed by atoms with Crippen LogP contribution in [0.15, 0.2) is 64.9 Å². The van der Waals surface area contributed by atoms with E-state index < -0.39 is 5.67 Å². The first-order chi connectivity index (χ1) is 13.7. The smallest absolute Gasteiger partial charge is 0.259 e. The Hall–Kier alpha value is -2.92. The van der Waals surface area contributed by atoms with Crippen LogP contribution in [0, 0.1) is 6.92 Å². The van der Waals surface area contributed by atoms with Crippen LogP contribution >= 0.6 is 11.3 Å². The molecule has 0 atom stereocenters. The minimum atomic E-state index is -1.49. The van der Waals surface area contributed by atoms with E-state index in [-0.39, 0.29) is 5.56 Å². The summed E-state index contributed by atoms with van der Waals surface area (Å²) in [6, 6.07) is 15.0. The molecule has 2 aromatic carbocycles. The predicted octanol–water partition coefficient (Wildman–Crippen LogP) is 6.57. The summed E-state index contributed by atoms with van der Waals surface area (Å²) in [6.45, 7) is 5.09. The van der Waals surface area contributed by atoms with E-state index in [9.17, 15) is 9.18 Å². The highest BCUT2D eigenvalue weighted by Crippen LogP contribution is 2.41. The molecule has 2 heterocycles. The monoisotopic (exact) mass is 407 g/mol. The van der Waals surface area contributed by atoms with Gasteiger partial charge in [-0.15, -0.1) is 11.3 Å². The molecule has 0 aliphatic rings. The molecule has 0 fully saturated rings. The van der Waals surface area contributed by atoms with Gasteiger partial charge in [-0.3, -0.25) is 4.79 Å². The molecular weight excluding hydrogens is 385 g/mol. The van der Waals surface area contributed by atoms with Gasteiger partial charge in [0.2, 0.25) is 0 Å². The summed E-state index contributed by atoms with van der Waals surface area (Å²) >= 11 is 1.50. The standard InChI is InChI=1S/C24H22FNO2S/c1-15-5-8-17(9-6-15)28-21-10-7-16(24(2,3)25)13-19(21)20-14-26(4)23(27)18-11-12-29-22(18)20/h5-14H,1-4H3. The van der Waals surface area contributed by atoms with Crippen LogP contribution in [-0.2, 0) is 12.7 Å². The second kappa shape index (κ2) is 7.16. The van der Waals surface area contributed by atoms with Crippen LogP contribution < -0.4 is 10.3 Å². The summed E-state index contributed by atoms with van der Waals surface area (Å²) in [6.07, 6.45) is 1.80. The zero-order chi connectivity index (χ0) is 20.8. The third-order valence-electron chi connectivity index (χ3n) is 4.99. The highest BCUT2D eigenvalue weighted by molar-refractivity contribution is 7.17. The molecule has 0 bridgehead atoms. The van der Waals surface area contributed by atoms with E-state index in [1.807, 2.05) is 48.7 Å². The minimum Gasteiger partial charge on any atom is -0.457 e. The maximum atomic E-state index is 14.7. The zero-order valence-electron chi connectivity index (χ0n) is 16.8. The second-order valence-electron chi connectivity index (χ2n) is 7.72. The Kier molecular flexibility index (Phi) is 4.79. The van der Waals surface area contributed by atoms with E-state index in [1.165, 1.54) is 25.2 Å². The van der Waals surface area contributed by atoms with Gasteiger partial charge < -0.3 is 9.30 Å². The van der Waals surface area contributed by atoms with Crippen molar-refractivity contribution in [3.63, 3.8) is 0 Å². The Morgan fingerprint density at radius 3 is 2.45 bits per heavy atom. The molecule has 0 N–H and O–H groups in total. The minimum absolute atomic E-state index is 0.0482. The Morgan fingerprint density at radius 1 is 1.03 bits per heavy atom. The molecule has 0 aliphatic carbocycles. The van der Waals surface area contributed by atoms with E-state index in [0.717, 1.165) is 21.4 Å². The first-order valence-corrected chi connectivity index (χ1v) is 10.3. The van der Waals surface area contributed by atoms with Crippen molar-refractivity contribution in [3.05, 3.63) is 81.6 Å². The molecule has 3 nitrogen and oxygen atoms in total. The molecule has 0 unspecified atom stereocenters. The van der Waals surface area contributed by atoms with Gasteiger partial charge in [0, 0.05) is 29.1 Å². The number of aryl methyl sites for hydroxylation is 2. The number of aromatic nitrogens is 1. The largest absolute Gasteiger partial charge is 0.457 e. The average Bonchev–Trinajstić information content (AvgIpc) is 3.16. The fraction of sp³-hybridized carbons (Fsp3) is 0.208. The highest BCUT2D eigenvalue weighted by Gasteiger charge is 2.22. The summed E-state index contributed by atoms with van der Waals surface area (Å²) in [4.78, 5) is 12.5. The first-order valence-electron chi connectivity index (χ1n) is 9.39. The van der Waals surface area contributed by atoms with E-state index in [4.69, 9.17) is 4.74 Å². The summed E-state index contributed by atoms with van der Waals surface area (Å²) in [5.41, 5.74) is 1.77. The molecule has 0 radical (unpaired) electrons. The lowest BCUT2D eigenvalue weighted by Gasteiger charge is -2.19. The van der Waals surface area contributed by atoms with Crippen LogP contribution in [-0.4, -0.2) is 4.57 Å². The number of thiophene rings is 1. The van der Waals surface area contributed by atoms with Crippen molar-refractivity contribution in [3.8, 4) is 22.6 Å². The summed E-state index contributed by atoms with van der Waals surface area (Å²) in [7, 11) is 1.73. The third-order valence-corrected chi connectivity index (χ3v) is 5.94. The maximum Gasteiger partial charge on any atom is 0.259 e. The molecule has 0 saturated heterocycles. The highest BCUT2D eigenvalue weighted by atomic mass is 32.1. The molecule has 0 saturated carbocycles. The van der Waals surface area contributed by atoms with Crippen LogP contribution in [0.5, 0.6) is 11.5 Å². The van der Waals surface area contributed by atoms with Crippen LogP contribution in [0.4, 0.5) is 4.39 Å². The molecule has 0 aliphatic heterocycles. The number of fused-ring (bicyclic) bond motifs is 1.